The molecule has 88 valence electrons. The maximum absolute atomic E-state index is 6.05. The summed E-state index contributed by atoms with van der Waals surface area (Å²) in [6, 6.07) is 5.98. The number of alkyl halides is 1. The Labute approximate surface area is 107 Å². The Morgan fingerprint density at radius 1 is 1.31 bits per heavy atom. The number of halogens is 2. The highest BCUT2D eigenvalue weighted by Crippen LogP contribution is 2.29. The van der Waals surface area contributed by atoms with Crippen molar-refractivity contribution in [2.24, 2.45) is 5.92 Å². The van der Waals surface area contributed by atoms with Crippen molar-refractivity contribution in [3.05, 3.63) is 28.8 Å². The summed E-state index contributed by atoms with van der Waals surface area (Å²) in [6.45, 7) is 4.55. The largest absolute Gasteiger partial charge is 0.371 e. The molecule has 1 aliphatic heterocycles. The van der Waals surface area contributed by atoms with E-state index in [4.69, 9.17) is 23.2 Å². The lowest BCUT2D eigenvalue weighted by atomic mass is 9.98. The number of benzene rings is 1. The second-order valence-electron chi connectivity index (χ2n) is 4.58. The van der Waals surface area contributed by atoms with E-state index in [0.717, 1.165) is 24.0 Å². The Kier molecular flexibility index (Phi) is 3.99. The molecule has 0 saturated carbocycles. The van der Waals surface area contributed by atoms with E-state index in [-0.39, 0.29) is 0 Å². The van der Waals surface area contributed by atoms with Crippen LogP contribution in [0.3, 0.4) is 0 Å². The first-order valence-electron chi connectivity index (χ1n) is 5.80. The molecule has 1 fully saturated rings. The monoisotopic (exact) mass is 257 g/mol. The standard InChI is InChI=1S/C13H17Cl2N/c1-10-4-6-16(7-5-10)13-8-12(15)3-2-11(13)9-14/h2-3,8,10H,4-7,9H2,1H3. The minimum Gasteiger partial charge on any atom is -0.371 e. The predicted molar refractivity (Wildman–Crippen MR) is 71.6 cm³/mol. The predicted octanol–water partition coefficient (Wildman–Crippen LogP) is 4.32. The SMILES string of the molecule is CC1CCN(c2cc(Cl)ccc2CCl)CC1. The van der Waals surface area contributed by atoms with E-state index in [1.165, 1.54) is 24.1 Å². The molecule has 1 heterocycles. The molecule has 0 radical (unpaired) electrons. The van der Waals surface area contributed by atoms with Crippen LogP contribution < -0.4 is 4.90 Å². The summed E-state index contributed by atoms with van der Waals surface area (Å²) in [4.78, 5) is 2.41. The molecule has 1 saturated heterocycles. The van der Waals surface area contributed by atoms with Crippen LogP contribution in [0.15, 0.2) is 18.2 Å². The number of hydrogen-bond acceptors (Lipinski definition) is 1. The first kappa shape index (κ1) is 12.1. The third-order valence-electron chi connectivity index (χ3n) is 3.32. The molecule has 1 aliphatic rings. The molecular formula is C13H17Cl2N. The van der Waals surface area contributed by atoms with Crippen molar-refractivity contribution in [1.82, 2.24) is 0 Å². The van der Waals surface area contributed by atoms with E-state index in [1.807, 2.05) is 18.2 Å². The van der Waals surface area contributed by atoms with Gasteiger partial charge in [0.1, 0.15) is 0 Å². The van der Waals surface area contributed by atoms with Crippen LogP contribution in [0.5, 0.6) is 0 Å². The van der Waals surface area contributed by atoms with Crippen molar-refractivity contribution in [2.75, 3.05) is 18.0 Å². The van der Waals surface area contributed by atoms with E-state index < -0.39 is 0 Å². The second-order valence-corrected chi connectivity index (χ2v) is 5.28. The highest BCUT2D eigenvalue weighted by Gasteiger charge is 2.18. The number of nitrogens with zero attached hydrogens (tertiary/aromatic N) is 1. The van der Waals surface area contributed by atoms with Crippen LogP contribution >= 0.6 is 23.2 Å². The van der Waals surface area contributed by atoms with Gasteiger partial charge in [-0.3, -0.25) is 0 Å². The molecular weight excluding hydrogens is 241 g/mol. The maximum atomic E-state index is 6.05. The third kappa shape index (κ3) is 2.64. The molecule has 0 amide bonds. The summed E-state index contributed by atoms with van der Waals surface area (Å²) in [5.74, 6) is 1.40. The van der Waals surface area contributed by atoms with Gasteiger partial charge in [-0.2, -0.15) is 0 Å². The lowest BCUT2D eigenvalue weighted by Crippen LogP contribution is -2.33. The van der Waals surface area contributed by atoms with Gasteiger partial charge in [0.05, 0.1) is 0 Å². The van der Waals surface area contributed by atoms with Gasteiger partial charge in [0, 0.05) is 29.7 Å². The smallest absolute Gasteiger partial charge is 0.0494 e. The van der Waals surface area contributed by atoms with Gasteiger partial charge in [-0.05, 0) is 36.5 Å². The summed E-state index contributed by atoms with van der Waals surface area (Å²) in [7, 11) is 0. The van der Waals surface area contributed by atoms with Crippen molar-refractivity contribution in [1.29, 1.82) is 0 Å². The molecule has 2 rings (SSSR count). The zero-order valence-electron chi connectivity index (χ0n) is 9.55. The molecule has 0 unspecified atom stereocenters. The number of rotatable bonds is 2. The second kappa shape index (κ2) is 5.29. The maximum Gasteiger partial charge on any atom is 0.0494 e. The minimum atomic E-state index is 0.554. The van der Waals surface area contributed by atoms with E-state index >= 15 is 0 Å². The fourth-order valence-electron chi connectivity index (χ4n) is 2.19. The molecule has 1 aromatic rings. The van der Waals surface area contributed by atoms with Crippen molar-refractivity contribution in [2.45, 2.75) is 25.6 Å². The van der Waals surface area contributed by atoms with Gasteiger partial charge in [-0.25, -0.2) is 0 Å². The molecule has 1 nitrogen and oxygen atoms in total. The van der Waals surface area contributed by atoms with E-state index in [0.29, 0.717) is 5.88 Å². The molecule has 16 heavy (non-hydrogen) atoms. The van der Waals surface area contributed by atoms with Crippen LogP contribution in [0.4, 0.5) is 5.69 Å². The van der Waals surface area contributed by atoms with Gasteiger partial charge in [0.25, 0.3) is 0 Å². The van der Waals surface area contributed by atoms with Crippen LogP contribution in [-0.2, 0) is 5.88 Å². The van der Waals surface area contributed by atoms with Crippen molar-refractivity contribution in [3.8, 4) is 0 Å². The number of piperidine rings is 1. The zero-order chi connectivity index (χ0) is 11.5. The molecule has 1 aromatic carbocycles. The zero-order valence-corrected chi connectivity index (χ0v) is 11.1. The number of anilines is 1. The van der Waals surface area contributed by atoms with Gasteiger partial charge in [-0.15, -0.1) is 11.6 Å². The highest BCUT2D eigenvalue weighted by molar-refractivity contribution is 6.31. The minimum absolute atomic E-state index is 0.554. The van der Waals surface area contributed by atoms with E-state index in [9.17, 15) is 0 Å². The summed E-state index contributed by atoms with van der Waals surface area (Å²) in [6.07, 6.45) is 2.52. The fourth-order valence-corrected chi connectivity index (χ4v) is 2.59. The first-order valence-corrected chi connectivity index (χ1v) is 6.71. The molecule has 0 atom stereocenters. The average Bonchev–Trinajstić information content (AvgIpc) is 2.30. The van der Waals surface area contributed by atoms with Gasteiger partial charge >= 0.3 is 0 Å². The molecule has 3 heteroatoms. The Hall–Kier alpha value is -0.400. The van der Waals surface area contributed by atoms with E-state index in [2.05, 4.69) is 11.8 Å². The quantitative estimate of drug-likeness (QED) is 0.714. The Morgan fingerprint density at radius 3 is 2.62 bits per heavy atom. The third-order valence-corrected chi connectivity index (χ3v) is 3.84. The highest BCUT2D eigenvalue weighted by atomic mass is 35.5. The fraction of sp³-hybridized carbons (Fsp3) is 0.538. The Bertz CT molecular complexity index is 357. The van der Waals surface area contributed by atoms with Gasteiger partial charge < -0.3 is 4.90 Å². The van der Waals surface area contributed by atoms with Crippen LogP contribution in [-0.4, -0.2) is 13.1 Å². The summed E-state index contributed by atoms with van der Waals surface area (Å²) >= 11 is 12.0. The first-order chi connectivity index (χ1) is 7.70. The molecule has 0 aromatic heterocycles. The van der Waals surface area contributed by atoms with Gasteiger partial charge in [-0.1, -0.05) is 24.6 Å². The van der Waals surface area contributed by atoms with E-state index in [1.54, 1.807) is 0 Å². The van der Waals surface area contributed by atoms with Crippen LogP contribution in [0.1, 0.15) is 25.3 Å². The summed E-state index contributed by atoms with van der Waals surface area (Å²) in [5, 5.41) is 0.794. The number of hydrogen-bond donors (Lipinski definition) is 0. The topological polar surface area (TPSA) is 3.24 Å². The molecule has 0 N–H and O–H groups in total. The molecule has 0 spiro atoms. The van der Waals surface area contributed by atoms with Crippen molar-refractivity contribution in [3.63, 3.8) is 0 Å². The molecule has 0 bridgehead atoms. The van der Waals surface area contributed by atoms with Crippen LogP contribution in [0.2, 0.25) is 5.02 Å². The summed E-state index contributed by atoms with van der Waals surface area (Å²) < 4.78 is 0. The van der Waals surface area contributed by atoms with Gasteiger partial charge in [0.15, 0.2) is 0 Å². The summed E-state index contributed by atoms with van der Waals surface area (Å²) in [5.41, 5.74) is 2.40. The van der Waals surface area contributed by atoms with Gasteiger partial charge in [0.2, 0.25) is 0 Å². The lowest BCUT2D eigenvalue weighted by Gasteiger charge is -2.33. The Balaban J connectivity index is 2.21. The molecule has 0 aliphatic carbocycles. The van der Waals surface area contributed by atoms with Crippen LogP contribution in [0, 0.1) is 5.92 Å². The van der Waals surface area contributed by atoms with Crippen molar-refractivity contribution >= 4 is 28.9 Å². The normalized spacial score (nSPS) is 17.8. The lowest BCUT2D eigenvalue weighted by molar-refractivity contribution is 0.438. The van der Waals surface area contributed by atoms with Crippen molar-refractivity contribution < 1.29 is 0 Å². The average molecular weight is 258 g/mol. The Morgan fingerprint density at radius 2 is 2.00 bits per heavy atom. The van der Waals surface area contributed by atoms with Crippen LogP contribution in [0.25, 0.3) is 0 Å².